The van der Waals surface area contributed by atoms with Gasteiger partial charge in [0.2, 0.25) is 6.79 Å². The van der Waals surface area contributed by atoms with Crippen LogP contribution in [0.15, 0.2) is 76.5 Å². The molecule has 0 bridgehead atoms. The lowest BCUT2D eigenvalue weighted by Gasteiger charge is -2.42. The molecule has 6 heteroatoms. The van der Waals surface area contributed by atoms with Gasteiger partial charge >= 0.3 is 0 Å². The van der Waals surface area contributed by atoms with Crippen LogP contribution in [0.4, 0.5) is 0 Å². The number of fused-ring (bicyclic) bond motifs is 1. The van der Waals surface area contributed by atoms with Gasteiger partial charge in [-0.25, -0.2) is 0 Å². The Bertz CT molecular complexity index is 1260. The van der Waals surface area contributed by atoms with Gasteiger partial charge in [-0.3, -0.25) is 4.79 Å². The Morgan fingerprint density at radius 1 is 0.842 bits per heavy atom. The maximum Gasteiger partial charge on any atom is 0.254 e. The van der Waals surface area contributed by atoms with Crippen molar-refractivity contribution in [1.82, 2.24) is 9.80 Å². The van der Waals surface area contributed by atoms with Crippen LogP contribution in [0.2, 0.25) is 0 Å². The van der Waals surface area contributed by atoms with E-state index in [0.717, 1.165) is 60.9 Å². The first kappa shape index (κ1) is 25.3. The molecule has 38 heavy (non-hydrogen) atoms. The van der Waals surface area contributed by atoms with Crippen LogP contribution in [-0.4, -0.2) is 54.7 Å². The zero-order valence-electron chi connectivity index (χ0n) is 22.1. The number of rotatable bonds is 6. The summed E-state index contributed by atoms with van der Waals surface area (Å²) in [5, 5.41) is 0. The van der Waals surface area contributed by atoms with Crippen molar-refractivity contribution in [2.24, 2.45) is 5.92 Å². The second kappa shape index (κ2) is 11.4. The highest BCUT2D eigenvalue weighted by Gasteiger charge is 2.30. The third-order valence-electron chi connectivity index (χ3n) is 8.32. The van der Waals surface area contributed by atoms with E-state index in [0.29, 0.717) is 12.8 Å². The van der Waals surface area contributed by atoms with Gasteiger partial charge in [0.05, 0.1) is 0 Å². The molecule has 0 saturated carbocycles. The highest BCUT2D eigenvalue weighted by molar-refractivity contribution is 7.99. The molecule has 0 aliphatic carbocycles. The van der Waals surface area contributed by atoms with Crippen molar-refractivity contribution in [2.75, 3.05) is 33.0 Å². The number of hydrogen-bond acceptors (Lipinski definition) is 5. The van der Waals surface area contributed by atoms with E-state index in [1.165, 1.54) is 41.3 Å². The Morgan fingerprint density at radius 3 is 2.32 bits per heavy atom. The van der Waals surface area contributed by atoms with E-state index in [1.54, 1.807) is 11.8 Å². The van der Waals surface area contributed by atoms with E-state index in [1.807, 2.05) is 37.3 Å². The maximum atomic E-state index is 13.0. The van der Waals surface area contributed by atoms with Crippen LogP contribution < -0.4 is 9.47 Å². The number of hydrogen-bond donors (Lipinski definition) is 0. The zero-order valence-corrected chi connectivity index (χ0v) is 22.9. The van der Waals surface area contributed by atoms with Gasteiger partial charge in [-0.1, -0.05) is 42.1 Å². The predicted molar refractivity (Wildman–Crippen MR) is 151 cm³/mol. The van der Waals surface area contributed by atoms with E-state index in [4.69, 9.17) is 9.47 Å². The van der Waals surface area contributed by atoms with Gasteiger partial charge in [-0.2, -0.15) is 0 Å². The highest BCUT2D eigenvalue weighted by Crippen LogP contribution is 2.38. The highest BCUT2D eigenvalue weighted by atomic mass is 32.2. The molecule has 2 saturated heterocycles. The molecule has 5 nitrogen and oxygen atoms in total. The van der Waals surface area contributed by atoms with Crippen molar-refractivity contribution < 1.29 is 14.3 Å². The topological polar surface area (TPSA) is 42.0 Å². The molecule has 6 rings (SSSR count). The molecule has 0 atom stereocenters. The second-order valence-electron chi connectivity index (χ2n) is 10.8. The molecule has 2 fully saturated rings. The molecule has 3 aliphatic rings. The molecule has 1 amide bonds. The number of ether oxygens (including phenoxy) is 2. The Morgan fingerprint density at radius 2 is 1.55 bits per heavy atom. The minimum absolute atomic E-state index is 0.195. The SMILES string of the molecule is Cc1ccccc1C(=O)N1CCC(N2CCC(Cc3ccc(Sc4ccc5c(c4)OCO5)cc3)CC2)CC1. The third-order valence-corrected chi connectivity index (χ3v) is 9.32. The van der Waals surface area contributed by atoms with Crippen LogP contribution in [0.3, 0.4) is 0 Å². The average Bonchev–Trinajstić information content (AvgIpc) is 3.43. The van der Waals surface area contributed by atoms with Crippen LogP contribution in [-0.2, 0) is 6.42 Å². The number of carbonyl (C=O) groups is 1. The molecule has 0 unspecified atom stereocenters. The monoisotopic (exact) mass is 528 g/mol. The van der Waals surface area contributed by atoms with E-state index in [-0.39, 0.29) is 5.91 Å². The largest absolute Gasteiger partial charge is 0.454 e. The summed E-state index contributed by atoms with van der Waals surface area (Å²) in [5.74, 6) is 2.61. The van der Waals surface area contributed by atoms with Crippen LogP contribution in [0, 0.1) is 12.8 Å². The molecule has 3 heterocycles. The first-order valence-electron chi connectivity index (χ1n) is 13.9. The minimum Gasteiger partial charge on any atom is -0.454 e. The number of aryl methyl sites for hydroxylation is 1. The van der Waals surface area contributed by atoms with E-state index in [9.17, 15) is 4.79 Å². The van der Waals surface area contributed by atoms with Crippen molar-refractivity contribution in [1.29, 1.82) is 0 Å². The quantitative estimate of drug-likeness (QED) is 0.369. The van der Waals surface area contributed by atoms with Crippen molar-refractivity contribution in [3.63, 3.8) is 0 Å². The number of amides is 1. The van der Waals surface area contributed by atoms with Crippen molar-refractivity contribution >= 4 is 17.7 Å². The lowest BCUT2D eigenvalue weighted by Crippen LogP contribution is -2.49. The van der Waals surface area contributed by atoms with Gasteiger partial charge in [0, 0.05) is 34.5 Å². The predicted octanol–water partition coefficient (Wildman–Crippen LogP) is 6.43. The second-order valence-corrected chi connectivity index (χ2v) is 11.9. The van der Waals surface area contributed by atoms with Gasteiger partial charge in [0.1, 0.15) is 0 Å². The van der Waals surface area contributed by atoms with Gasteiger partial charge in [-0.05, 0) is 106 Å². The summed E-state index contributed by atoms with van der Waals surface area (Å²) in [6.07, 6.45) is 5.86. The van der Waals surface area contributed by atoms with Crippen LogP contribution >= 0.6 is 11.8 Å². The lowest BCUT2D eigenvalue weighted by molar-refractivity contribution is 0.0551. The van der Waals surface area contributed by atoms with Crippen molar-refractivity contribution in [2.45, 2.75) is 54.9 Å². The summed E-state index contributed by atoms with van der Waals surface area (Å²) in [4.78, 5) is 20.1. The first-order valence-corrected chi connectivity index (χ1v) is 14.7. The summed E-state index contributed by atoms with van der Waals surface area (Å²) in [7, 11) is 0. The maximum absolute atomic E-state index is 13.0. The molecule has 0 radical (unpaired) electrons. The van der Waals surface area contributed by atoms with Crippen LogP contribution in [0.5, 0.6) is 11.5 Å². The van der Waals surface area contributed by atoms with E-state index in [2.05, 4.69) is 46.2 Å². The summed E-state index contributed by atoms with van der Waals surface area (Å²) < 4.78 is 10.9. The fourth-order valence-electron chi connectivity index (χ4n) is 6.04. The Kier molecular flexibility index (Phi) is 7.61. The first-order chi connectivity index (χ1) is 18.6. The fourth-order valence-corrected chi connectivity index (χ4v) is 6.89. The molecular weight excluding hydrogens is 492 g/mol. The number of piperidine rings is 2. The summed E-state index contributed by atoms with van der Waals surface area (Å²) in [6.45, 7) is 6.44. The smallest absolute Gasteiger partial charge is 0.254 e. The van der Waals surface area contributed by atoms with Gasteiger partial charge in [0.25, 0.3) is 5.91 Å². The minimum atomic E-state index is 0.195. The number of nitrogens with zero attached hydrogens (tertiary/aromatic N) is 2. The lowest BCUT2D eigenvalue weighted by atomic mass is 9.88. The van der Waals surface area contributed by atoms with E-state index < -0.39 is 0 Å². The fraction of sp³-hybridized carbons (Fsp3) is 0.406. The molecule has 3 aromatic rings. The van der Waals surface area contributed by atoms with Crippen molar-refractivity contribution in [3.05, 3.63) is 83.4 Å². The number of benzene rings is 3. The van der Waals surface area contributed by atoms with Gasteiger partial charge in [0.15, 0.2) is 11.5 Å². The van der Waals surface area contributed by atoms with Crippen LogP contribution in [0.1, 0.15) is 47.2 Å². The van der Waals surface area contributed by atoms with Crippen LogP contribution in [0.25, 0.3) is 0 Å². The van der Waals surface area contributed by atoms with E-state index >= 15 is 0 Å². The third kappa shape index (κ3) is 5.71. The Balaban J connectivity index is 0.950. The number of carbonyl (C=O) groups excluding carboxylic acids is 1. The standard InChI is InChI=1S/C32H36N2O3S/c1-23-4-2-3-5-29(23)32(35)34-18-14-26(15-19-34)33-16-12-25(13-17-33)20-24-6-8-27(9-7-24)38-28-10-11-30-31(21-28)37-22-36-30/h2-11,21,25-26H,12-20,22H2,1H3. The van der Waals surface area contributed by atoms with Crippen molar-refractivity contribution in [3.8, 4) is 11.5 Å². The zero-order chi connectivity index (χ0) is 25.9. The molecule has 198 valence electrons. The van der Waals surface area contributed by atoms with Gasteiger partial charge < -0.3 is 19.3 Å². The molecular formula is C32H36N2O3S. The molecule has 0 N–H and O–H groups in total. The summed E-state index contributed by atoms with van der Waals surface area (Å²) in [5.41, 5.74) is 3.35. The molecule has 0 spiro atoms. The summed E-state index contributed by atoms with van der Waals surface area (Å²) >= 11 is 1.76. The van der Waals surface area contributed by atoms with Gasteiger partial charge in [-0.15, -0.1) is 0 Å². The molecule has 3 aromatic carbocycles. The molecule has 0 aromatic heterocycles. The number of likely N-dealkylation sites (tertiary alicyclic amines) is 2. The average molecular weight is 529 g/mol. The Hall–Kier alpha value is -2.96. The summed E-state index contributed by atoms with van der Waals surface area (Å²) in [6, 6.07) is 23.8. The normalized spacial score (nSPS) is 18.6. The molecule has 3 aliphatic heterocycles. The Labute approximate surface area is 230 Å².